The van der Waals surface area contributed by atoms with Crippen LogP contribution in [0.2, 0.25) is 0 Å². The Labute approximate surface area is 70.5 Å². The number of methoxy groups -OCH3 is 1. The highest BCUT2D eigenvalue weighted by Gasteiger charge is 2.28. The summed E-state index contributed by atoms with van der Waals surface area (Å²) in [5, 5.41) is 0. The maximum atomic E-state index is 5.41. The topological polar surface area (TPSA) is 12.5 Å². The van der Waals surface area contributed by atoms with Gasteiger partial charge < -0.3 is 9.64 Å². The third-order valence-electron chi connectivity index (χ3n) is 2.34. The number of likely N-dealkylation sites (N-methyl/N-ethyl adjacent to an activating group) is 1. The summed E-state index contributed by atoms with van der Waals surface area (Å²) < 4.78 is 5.41. The van der Waals surface area contributed by atoms with Gasteiger partial charge in [0, 0.05) is 13.2 Å². The second-order valence-corrected chi connectivity index (χ2v) is 3.70. The minimum Gasteiger partial charge on any atom is -0.377 e. The molecule has 0 spiro atoms. The zero-order valence-electron chi connectivity index (χ0n) is 8.64. The van der Waals surface area contributed by atoms with Gasteiger partial charge in [0.05, 0.1) is 5.60 Å². The Morgan fingerprint density at radius 3 is 1.91 bits per heavy atom. The SMILES string of the molecule is CCC(N(C)C)C(C)(C)OC. The predicted octanol–water partition coefficient (Wildman–Crippen LogP) is 1.75. The van der Waals surface area contributed by atoms with Crippen molar-refractivity contribution in [1.29, 1.82) is 0 Å². The van der Waals surface area contributed by atoms with Gasteiger partial charge in [-0.3, -0.25) is 0 Å². The van der Waals surface area contributed by atoms with Crippen molar-refractivity contribution in [2.24, 2.45) is 0 Å². The fourth-order valence-corrected chi connectivity index (χ4v) is 1.61. The molecule has 1 unspecified atom stereocenters. The molecule has 0 aliphatic rings. The molecule has 0 aliphatic carbocycles. The van der Waals surface area contributed by atoms with Crippen LogP contribution in [0.1, 0.15) is 27.2 Å². The molecule has 0 aromatic heterocycles. The van der Waals surface area contributed by atoms with Crippen LogP contribution >= 0.6 is 0 Å². The first-order valence-electron chi connectivity index (χ1n) is 4.17. The summed E-state index contributed by atoms with van der Waals surface area (Å²) in [5.41, 5.74) is -0.0434. The lowest BCUT2D eigenvalue weighted by atomic mass is 9.95. The van der Waals surface area contributed by atoms with Crippen LogP contribution in [0.5, 0.6) is 0 Å². The molecule has 2 heteroatoms. The first-order chi connectivity index (χ1) is 4.95. The molecule has 1 atom stereocenters. The van der Waals surface area contributed by atoms with Crippen LogP contribution in [0.25, 0.3) is 0 Å². The third-order valence-corrected chi connectivity index (χ3v) is 2.34. The van der Waals surface area contributed by atoms with E-state index in [9.17, 15) is 0 Å². The highest BCUT2D eigenvalue weighted by atomic mass is 16.5. The molecular weight excluding hydrogens is 138 g/mol. The number of rotatable bonds is 4. The smallest absolute Gasteiger partial charge is 0.0776 e. The summed E-state index contributed by atoms with van der Waals surface area (Å²) in [5.74, 6) is 0. The van der Waals surface area contributed by atoms with Gasteiger partial charge in [-0.15, -0.1) is 0 Å². The Kier molecular flexibility index (Phi) is 4.04. The van der Waals surface area contributed by atoms with E-state index in [0.717, 1.165) is 6.42 Å². The molecule has 0 rings (SSSR count). The molecule has 0 aliphatic heterocycles. The van der Waals surface area contributed by atoms with E-state index in [0.29, 0.717) is 6.04 Å². The van der Waals surface area contributed by atoms with Crippen LogP contribution in [0.3, 0.4) is 0 Å². The van der Waals surface area contributed by atoms with Gasteiger partial charge in [-0.25, -0.2) is 0 Å². The van der Waals surface area contributed by atoms with Crippen molar-refractivity contribution in [1.82, 2.24) is 4.90 Å². The first kappa shape index (κ1) is 10.9. The Bertz CT molecular complexity index is 110. The summed E-state index contributed by atoms with van der Waals surface area (Å²) in [4.78, 5) is 2.21. The third kappa shape index (κ3) is 2.80. The molecule has 0 bridgehead atoms. The molecule has 0 fully saturated rings. The van der Waals surface area contributed by atoms with E-state index in [1.807, 2.05) is 0 Å². The summed E-state index contributed by atoms with van der Waals surface area (Å²) in [7, 11) is 5.95. The van der Waals surface area contributed by atoms with Gasteiger partial charge in [0.25, 0.3) is 0 Å². The lowest BCUT2D eigenvalue weighted by Crippen LogP contribution is -2.46. The monoisotopic (exact) mass is 159 g/mol. The van der Waals surface area contributed by atoms with E-state index >= 15 is 0 Å². The van der Waals surface area contributed by atoms with Gasteiger partial charge >= 0.3 is 0 Å². The fraction of sp³-hybridized carbons (Fsp3) is 1.00. The molecule has 0 saturated heterocycles. The zero-order valence-corrected chi connectivity index (χ0v) is 8.64. The number of ether oxygens (including phenoxy) is 1. The molecule has 0 aromatic carbocycles. The second kappa shape index (κ2) is 4.07. The Morgan fingerprint density at radius 1 is 1.36 bits per heavy atom. The van der Waals surface area contributed by atoms with Gasteiger partial charge in [-0.05, 0) is 34.4 Å². The number of hydrogen-bond donors (Lipinski definition) is 0. The maximum absolute atomic E-state index is 5.41. The Morgan fingerprint density at radius 2 is 1.82 bits per heavy atom. The van der Waals surface area contributed by atoms with Crippen LogP contribution in [0.4, 0.5) is 0 Å². The van der Waals surface area contributed by atoms with E-state index in [2.05, 4.69) is 39.8 Å². The zero-order chi connectivity index (χ0) is 9.07. The quantitative estimate of drug-likeness (QED) is 0.619. The summed E-state index contributed by atoms with van der Waals surface area (Å²) in [6.45, 7) is 6.44. The highest BCUT2D eigenvalue weighted by molar-refractivity contribution is 4.83. The minimum absolute atomic E-state index is 0.0434. The van der Waals surface area contributed by atoms with E-state index in [4.69, 9.17) is 4.74 Å². The van der Waals surface area contributed by atoms with Crippen molar-refractivity contribution < 1.29 is 4.74 Å². The van der Waals surface area contributed by atoms with Crippen LogP contribution in [0.15, 0.2) is 0 Å². The average molecular weight is 159 g/mol. The van der Waals surface area contributed by atoms with Crippen LogP contribution in [-0.2, 0) is 4.74 Å². The number of hydrogen-bond acceptors (Lipinski definition) is 2. The summed E-state index contributed by atoms with van der Waals surface area (Å²) >= 11 is 0. The number of nitrogens with zero attached hydrogens (tertiary/aromatic N) is 1. The van der Waals surface area contributed by atoms with E-state index in [1.165, 1.54) is 0 Å². The first-order valence-corrected chi connectivity index (χ1v) is 4.17. The largest absolute Gasteiger partial charge is 0.377 e. The van der Waals surface area contributed by atoms with Gasteiger partial charge in [0.15, 0.2) is 0 Å². The lowest BCUT2D eigenvalue weighted by molar-refractivity contribution is -0.0413. The molecule has 11 heavy (non-hydrogen) atoms. The molecule has 0 radical (unpaired) electrons. The Balaban J connectivity index is 4.23. The van der Waals surface area contributed by atoms with Crippen LogP contribution < -0.4 is 0 Å². The summed E-state index contributed by atoms with van der Waals surface area (Å²) in [6, 6.07) is 0.493. The average Bonchev–Trinajstić information content (AvgIpc) is 1.88. The molecular formula is C9H21NO. The predicted molar refractivity (Wildman–Crippen MR) is 48.9 cm³/mol. The van der Waals surface area contributed by atoms with Gasteiger partial charge in [0.1, 0.15) is 0 Å². The van der Waals surface area contributed by atoms with Crippen LogP contribution in [-0.4, -0.2) is 37.7 Å². The standard InChI is InChI=1S/C9H21NO/c1-7-8(10(4)5)9(2,3)11-6/h8H,7H2,1-6H3. The van der Waals surface area contributed by atoms with Crippen LogP contribution in [0, 0.1) is 0 Å². The minimum atomic E-state index is -0.0434. The molecule has 68 valence electrons. The lowest BCUT2D eigenvalue weighted by Gasteiger charge is -2.37. The normalized spacial score (nSPS) is 15.5. The van der Waals surface area contributed by atoms with E-state index in [1.54, 1.807) is 7.11 Å². The van der Waals surface area contributed by atoms with Crippen molar-refractivity contribution in [2.45, 2.75) is 38.8 Å². The molecule has 2 nitrogen and oxygen atoms in total. The van der Waals surface area contributed by atoms with E-state index < -0.39 is 0 Å². The van der Waals surface area contributed by atoms with Crippen molar-refractivity contribution in [2.75, 3.05) is 21.2 Å². The van der Waals surface area contributed by atoms with Gasteiger partial charge in [0.2, 0.25) is 0 Å². The van der Waals surface area contributed by atoms with E-state index in [-0.39, 0.29) is 5.60 Å². The molecule has 0 saturated carbocycles. The summed E-state index contributed by atoms with van der Waals surface area (Å²) in [6.07, 6.45) is 1.12. The van der Waals surface area contributed by atoms with Gasteiger partial charge in [-0.1, -0.05) is 6.92 Å². The van der Waals surface area contributed by atoms with Crippen molar-refractivity contribution in [3.63, 3.8) is 0 Å². The van der Waals surface area contributed by atoms with Gasteiger partial charge in [-0.2, -0.15) is 0 Å². The maximum Gasteiger partial charge on any atom is 0.0776 e. The molecule has 0 N–H and O–H groups in total. The van der Waals surface area contributed by atoms with Crippen molar-refractivity contribution in [3.05, 3.63) is 0 Å². The second-order valence-electron chi connectivity index (χ2n) is 3.70. The Hall–Kier alpha value is -0.0800. The highest BCUT2D eigenvalue weighted by Crippen LogP contribution is 2.19. The molecule has 0 heterocycles. The van der Waals surface area contributed by atoms with Crippen molar-refractivity contribution >= 4 is 0 Å². The fourth-order valence-electron chi connectivity index (χ4n) is 1.61. The molecule has 0 aromatic rings. The van der Waals surface area contributed by atoms with Crippen molar-refractivity contribution in [3.8, 4) is 0 Å². The molecule has 0 amide bonds.